The summed E-state index contributed by atoms with van der Waals surface area (Å²) in [5, 5.41) is 2.72. The lowest BCUT2D eigenvalue weighted by Gasteiger charge is -2.15. The molecule has 1 aromatic carbocycles. The van der Waals surface area contributed by atoms with Gasteiger partial charge in [-0.25, -0.2) is 8.42 Å². The molecule has 1 rings (SSSR count). The quantitative estimate of drug-likeness (QED) is 0.768. The fourth-order valence-corrected chi connectivity index (χ4v) is 3.59. The molecule has 1 atom stereocenters. The van der Waals surface area contributed by atoms with Crippen molar-refractivity contribution in [3.63, 3.8) is 0 Å². The molecule has 0 radical (unpaired) electrons. The van der Waals surface area contributed by atoms with E-state index in [1.54, 1.807) is 0 Å². The third-order valence-corrected chi connectivity index (χ3v) is 5.39. The van der Waals surface area contributed by atoms with Gasteiger partial charge in [0.25, 0.3) is 9.05 Å². The Kier molecular flexibility index (Phi) is 6.35. The van der Waals surface area contributed by atoms with E-state index in [4.69, 9.17) is 33.9 Å². The molecule has 0 aliphatic heterocycles. The summed E-state index contributed by atoms with van der Waals surface area (Å²) in [6.07, 6.45) is 1.20. The van der Waals surface area contributed by atoms with Crippen molar-refractivity contribution in [1.82, 2.24) is 0 Å². The van der Waals surface area contributed by atoms with Gasteiger partial charge < -0.3 is 5.32 Å². The Balaban J connectivity index is 3.17. The SMILES string of the molecule is CCC(C)CC(=O)Nc1c(Cl)cc(S(=O)(=O)Cl)c(C)c1Cl. The van der Waals surface area contributed by atoms with E-state index in [0.717, 1.165) is 6.42 Å². The van der Waals surface area contributed by atoms with Gasteiger partial charge in [-0.1, -0.05) is 43.5 Å². The van der Waals surface area contributed by atoms with Gasteiger partial charge in [0.15, 0.2) is 0 Å². The second kappa shape index (κ2) is 7.18. The second-order valence-corrected chi connectivity index (χ2v) is 8.19. The minimum Gasteiger partial charge on any atom is -0.324 e. The van der Waals surface area contributed by atoms with Crippen LogP contribution in [-0.4, -0.2) is 14.3 Å². The van der Waals surface area contributed by atoms with Gasteiger partial charge in [-0.2, -0.15) is 0 Å². The Morgan fingerprint density at radius 3 is 2.43 bits per heavy atom. The van der Waals surface area contributed by atoms with E-state index in [1.807, 2.05) is 13.8 Å². The highest BCUT2D eigenvalue weighted by Gasteiger charge is 2.22. The summed E-state index contributed by atoms with van der Waals surface area (Å²) in [6, 6.07) is 1.18. The highest BCUT2D eigenvalue weighted by Crippen LogP contribution is 2.38. The second-order valence-electron chi connectivity index (χ2n) is 4.87. The van der Waals surface area contributed by atoms with Crippen LogP contribution in [0.25, 0.3) is 0 Å². The number of nitrogens with one attached hydrogen (secondary N) is 1. The predicted molar refractivity (Wildman–Crippen MR) is 86.9 cm³/mol. The first-order valence-electron chi connectivity index (χ1n) is 6.31. The topological polar surface area (TPSA) is 63.2 Å². The zero-order valence-electron chi connectivity index (χ0n) is 11.8. The zero-order chi connectivity index (χ0) is 16.4. The average Bonchev–Trinajstić information content (AvgIpc) is 2.37. The molecule has 0 aromatic heterocycles. The molecule has 0 saturated heterocycles. The molecular formula is C13H16Cl3NO3S. The predicted octanol–water partition coefficient (Wildman–Crippen LogP) is 4.60. The lowest BCUT2D eigenvalue weighted by Crippen LogP contribution is -2.16. The molecule has 118 valence electrons. The van der Waals surface area contributed by atoms with Gasteiger partial charge in [-0.05, 0) is 24.5 Å². The molecule has 21 heavy (non-hydrogen) atoms. The van der Waals surface area contributed by atoms with Crippen LogP contribution in [0, 0.1) is 12.8 Å². The molecule has 1 amide bonds. The van der Waals surface area contributed by atoms with Crippen LogP contribution in [0.4, 0.5) is 5.69 Å². The number of anilines is 1. The van der Waals surface area contributed by atoms with Crippen molar-refractivity contribution in [2.24, 2.45) is 5.92 Å². The molecule has 8 heteroatoms. The Morgan fingerprint density at radius 1 is 1.38 bits per heavy atom. The Hall–Kier alpha value is -0.490. The van der Waals surface area contributed by atoms with Crippen LogP contribution in [0.1, 0.15) is 32.3 Å². The third kappa shape index (κ3) is 4.74. The average molecular weight is 373 g/mol. The van der Waals surface area contributed by atoms with E-state index < -0.39 is 9.05 Å². The number of amides is 1. The van der Waals surface area contributed by atoms with Crippen LogP contribution in [0.5, 0.6) is 0 Å². The first kappa shape index (κ1) is 18.6. The lowest BCUT2D eigenvalue weighted by atomic mass is 10.0. The van der Waals surface area contributed by atoms with E-state index in [-0.39, 0.29) is 38.0 Å². The summed E-state index contributed by atoms with van der Waals surface area (Å²) in [7, 11) is 1.37. The van der Waals surface area contributed by atoms with Crippen LogP contribution >= 0.6 is 33.9 Å². The summed E-state index contributed by atoms with van der Waals surface area (Å²) in [5.41, 5.74) is 0.447. The normalized spacial score (nSPS) is 13.0. The van der Waals surface area contributed by atoms with E-state index in [0.29, 0.717) is 6.42 Å². The smallest absolute Gasteiger partial charge is 0.261 e. The number of hydrogen-bond acceptors (Lipinski definition) is 3. The van der Waals surface area contributed by atoms with Crippen molar-refractivity contribution < 1.29 is 13.2 Å². The maximum Gasteiger partial charge on any atom is 0.261 e. The van der Waals surface area contributed by atoms with Crippen molar-refractivity contribution in [2.75, 3.05) is 5.32 Å². The molecule has 0 aliphatic rings. The van der Waals surface area contributed by atoms with Crippen LogP contribution in [-0.2, 0) is 13.8 Å². The highest BCUT2D eigenvalue weighted by atomic mass is 35.7. The van der Waals surface area contributed by atoms with Crippen molar-refractivity contribution in [2.45, 2.75) is 38.5 Å². The van der Waals surface area contributed by atoms with Gasteiger partial charge >= 0.3 is 0 Å². The first-order chi connectivity index (χ1) is 9.57. The van der Waals surface area contributed by atoms with E-state index in [9.17, 15) is 13.2 Å². The van der Waals surface area contributed by atoms with Gasteiger partial charge in [0.2, 0.25) is 5.91 Å². The molecule has 0 aliphatic carbocycles. The summed E-state index contributed by atoms with van der Waals surface area (Å²) >= 11 is 12.1. The number of rotatable bonds is 5. The minimum atomic E-state index is -3.96. The number of benzene rings is 1. The molecule has 1 N–H and O–H groups in total. The minimum absolute atomic E-state index is 0.0299. The standard InChI is InChI=1S/C13H16Cl3NO3S/c1-4-7(2)5-11(18)17-13-9(14)6-10(21(16,19)20)8(3)12(13)15/h6-7H,4-5H2,1-3H3,(H,17,18). The third-order valence-electron chi connectivity index (χ3n) is 3.17. The monoisotopic (exact) mass is 371 g/mol. The largest absolute Gasteiger partial charge is 0.324 e. The van der Waals surface area contributed by atoms with E-state index >= 15 is 0 Å². The molecule has 0 fully saturated rings. The number of carbonyl (C=O) groups excluding carboxylic acids is 1. The fraction of sp³-hybridized carbons (Fsp3) is 0.462. The zero-order valence-corrected chi connectivity index (χ0v) is 14.9. The first-order valence-corrected chi connectivity index (χ1v) is 9.37. The summed E-state index contributed by atoms with van der Waals surface area (Å²) in [6.45, 7) is 5.44. The molecule has 1 unspecified atom stereocenters. The van der Waals surface area contributed by atoms with Crippen molar-refractivity contribution in [3.05, 3.63) is 21.7 Å². The number of hydrogen-bond donors (Lipinski definition) is 1. The Morgan fingerprint density at radius 2 is 1.95 bits per heavy atom. The van der Waals surface area contributed by atoms with Crippen LogP contribution in [0.3, 0.4) is 0 Å². The summed E-state index contributed by atoms with van der Waals surface area (Å²) in [4.78, 5) is 11.7. The Bertz CT molecular complexity index is 659. The molecule has 0 spiro atoms. The van der Waals surface area contributed by atoms with Crippen LogP contribution in [0.15, 0.2) is 11.0 Å². The summed E-state index contributed by atoms with van der Waals surface area (Å²) in [5.74, 6) is 0.000159. The molecule has 0 bridgehead atoms. The van der Waals surface area contributed by atoms with Crippen LogP contribution < -0.4 is 5.32 Å². The van der Waals surface area contributed by atoms with Crippen molar-refractivity contribution >= 4 is 54.5 Å². The van der Waals surface area contributed by atoms with Crippen molar-refractivity contribution in [1.29, 1.82) is 0 Å². The van der Waals surface area contributed by atoms with E-state index in [1.165, 1.54) is 13.0 Å². The van der Waals surface area contributed by atoms with Gasteiger partial charge in [0.05, 0.1) is 20.6 Å². The fourth-order valence-electron chi connectivity index (χ4n) is 1.72. The van der Waals surface area contributed by atoms with Gasteiger partial charge in [0, 0.05) is 17.1 Å². The maximum atomic E-state index is 11.9. The number of carbonyl (C=O) groups is 1. The Labute approximate surface area is 139 Å². The molecule has 4 nitrogen and oxygen atoms in total. The molecule has 0 heterocycles. The van der Waals surface area contributed by atoms with Crippen LogP contribution in [0.2, 0.25) is 10.0 Å². The highest BCUT2D eigenvalue weighted by molar-refractivity contribution is 8.13. The van der Waals surface area contributed by atoms with Gasteiger partial charge in [0.1, 0.15) is 0 Å². The number of halogens is 3. The van der Waals surface area contributed by atoms with E-state index in [2.05, 4.69) is 5.32 Å². The van der Waals surface area contributed by atoms with Crippen molar-refractivity contribution in [3.8, 4) is 0 Å². The lowest BCUT2D eigenvalue weighted by molar-refractivity contribution is -0.117. The molecular weight excluding hydrogens is 357 g/mol. The molecule has 0 saturated carbocycles. The summed E-state index contributed by atoms with van der Waals surface area (Å²) < 4.78 is 22.9. The maximum absolute atomic E-state index is 11.9. The molecule has 1 aromatic rings. The van der Waals surface area contributed by atoms with Gasteiger partial charge in [-0.3, -0.25) is 4.79 Å². The van der Waals surface area contributed by atoms with Gasteiger partial charge in [-0.15, -0.1) is 0 Å².